The molecule has 0 atom stereocenters. The number of aromatic hydroxyl groups is 1. The summed E-state index contributed by atoms with van der Waals surface area (Å²) in [5, 5.41) is 20.1. The van der Waals surface area contributed by atoms with Crippen molar-refractivity contribution in [3.63, 3.8) is 0 Å². The first-order valence-electron chi connectivity index (χ1n) is 6.97. The van der Waals surface area contributed by atoms with Gasteiger partial charge in [-0.2, -0.15) is 25.6 Å². The van der Waals surface area contributed by atoms with Crippen LogP contribution in [-0.4, -0.2) is 46.5 Å². The first kappa shape index (κ1) is 19.7. The lowest BCUT2D eigenvalue weighted by Crippen LogP contribution is -2.14. The third-order valence-corrected chi connectivity index (χ3v) is 5.52. The van der Waals surface area contributed by atoms with Crippen LogP contribution in [0.15, 0.2) is 34.1 Å². The maximum absolute atomic E-state index is 13.8. The largest absolute Gasteiger partial charge is 0.505 e. The smallest absolute Gasteiger partial charge is 0.298 e. The van der Waals surface area contributed by atoms with E-state index in [1.807, 2.05) is 5.32 Å². The molecule has 11 nitrogen and oxygen atoms in total. The highest BCUT2D eigenvalue weighted by molar-refractivity contribution is 7.89. The normalized spacial score (nSPS) is 12.3. The predicted octanol–water partition coefficient (Wildman–Crippen LogP) is 1.25. The second-order valence-corrected chi connectivity index (χ2v) is 7.96. The number of aromatic nitrogens is 3. The zero-order chi connectivity index (χ0) is 20.9. The van der Waals surface area contributed by atoms with Gasteiger partial charge in [-0.05, 0) is 5.21 Å². The molecule has 2 aromatic carbocycles. The molecule has 1 aromatic heterocycles. The lowest BCUT2D eigenvalue weighted by molar-refractivity contribution is 0.454. The predicted molar refractivity (Wildman–Crippen MR) is 88.3 cm³/mol. The van der Waals surface area contributed by atoms with Crippen molar-refractivity contribution in [3.05, 3.63) is 36.0 Å². The number of anilines is 2. The molecule has 15 heteroatoms. The SMILES string of the molecule is O=S(=O)(O)c1c(Nc2nnnc(F)c2F)c(O)c2ccccc2c1S(=O)(=O)O. The number of hydrogen-bond acceptors (Lipinski definition) is 9. The van der Waals surface area contributed by atoms with Gasteiger partial charge >= 0.3 is 0 Å². The fourth-order valence-electron chi connectivity index (χ4n) is 2.47. The van der Waals surface area contributed by atoms with Crippen molar-refractivity contribution in [2.24, 2.45) is 0 Å². The van der Waals surface area contributed by atoms with Crippen LogP contribution in [0.1, 0.15) is 0 Å². The summed E-state index contributed by atoms with van der Waals surface area (Å²) in [4.78, 5) is -2.81. The van der Waals surface area contributed by atoms with Crippen molar-refractivity contribution in [2.45, 2.75) is 9.79 Å². The minimum atomic E-state index is -5.45. The Kier molecular flexibility index (Phi) is 4.62. The summed E-state index contributed by atoms with van der Waals surface area (Å²) in [7, 11) is -10.7. The van der Waals surface area contributed by atoms with Crippen molar-refractivity contribution < 1.29 is 39.8 Å². The second kappa shape index (κ2) is 6.55. The number of phenols is 1. The van der Waals surface area contributed by atoms with Crippen LogP contribution in [0.5, 0.6) is 5.75 Å². The molecule has 4 N–H and O–H groups in total. The fourth-order valence-corrected chi connectivity index (χ4v) is 4.65. The molecule has 0 spiro atoms. The first-order valence-corrected chi connectivity index (χ1v) is 9.85. The molecule has 0 fully saturated rings. The van der Waals surface area contributed by atoms with Gasteiger partial charge in [-0.3, -0.25) is 9.11 Å². The number of hydrogen-bond donors (Lipinski definition) is 4. The Morgan fingerprint density at radius 1 is 0.893 bits per heavy atom. The molecule has 1 heterocycles. The molecule has 28 heavy (non-hydrogen) atoms. The van der Waals surface area contributed by atoms with E-state index in [0.717, 1.165) is 12.1 Å². The molecule has 0 amide bonds. The van der Waals surface area contributed by atoms with Crippen LogP contribution in [-0.2, 0) is 20.2 Å². The molecule has 0 aliphatic carbocycles. The highest BCUT2D eigenvalue weighted by Crippen LogP contribution is 2.44. The summed E-state index contributed by atoms with van der Waals surface area (Å²) in [5.74, 6) is -5.52. The van der Waals surface area contributed by atoms with Crippen molar-refractivity contribution in [3.8, 4) is 5.75 Å². The molecule has 0 radical (unpaired) electrons. The van der Waals surface area contributed by atoms with Crippen LogP contribution < -0.4 is 5.32 Å². The van der Waals surface area contributed by atoms with Gasteiger partial charge in [0.1, 0.15) is 21.2 Å². The maximum atomic E-state index is 13.8. The first-order chi connectivity index (χ1) is 12.9. The standard InChI is InChI=1S/C13H8F2N4O7S2/c14-7-12(15)17-19-18-13(7)16-8-9(20)5-3-1-2-4-6(5)10(27(21,22)23)11(8)28(24,25)26/h1-4,20H,(H,16,17,18)(H,21,22,23)(H,24,25,26). The van der Waals surface area contributed by atoms with Gasteiger partial charge in [-0.1, -0.05) is 29.4 Å². The second-order valence-electron chi connectivity index (χ2n) is 5.25. The van der Waals surface area contributed by atoms with Gasteiger partial charge in [0.2, 0.25) is 5.82 Å². The lowest BCUT2D eigenvalue weighted by atomic mass is 10.1. The number of nitrogens with one attached hydrogen (secondary N) is 1. The Morgan fingerprint density at radius 2 is 1.46 bits per heavy atom. The van der Waals surface area contributed by atoms with E-state index in [9.17, 15) is 39.8 Å². The van der Waals surface area contributed by atoms with Crippen LogP contribution in [0, 0.1) is 11.8 Å². The van der Waals surface area contributed by atoms with E-state index in [4.69, 9.17) is 0 Å². The topological polar surface area (TPSA) is 180 Å². The monoisotopic (exact) mass is 434 g/mol. The molecule has 0 unspecified atom stereocenters. The lowest BCUT2D eigenvalue weighted by Gasteiger charge is -2.17. The Balaban J connectivity index is 2.52. The Labute approximate surface area is 155 Å². The maximum Gasteiger partial charge on any atom is 0.298 e. The van der Waals surface area contributed by atoms with E-state index in [1.165, 1.54) is 12.1 Å². The summed E-state index contributed by atoms with van der Waals surface area (Å²) >= 11 is 0. The molecule has 148 valence electrons. The van der Waals surface area contributed by atoms with Gasteiger partial charge in [0, 0.05) is 10.8 Å². The van der Waals surface area contributed by atoms with E-state index in [-0.39, 0.29) is 5.39 Å². The van der Waals surface area contributed by atoms with Crippen LogP contribution in [0.25, 0.3) is 10.8 Å². The van der Waals surface area contributed by atoms with E-state index in [0.29, 0.717) is 0 Å². The van der Waals surface area contributed by atoms with Crippen molar-refractivity contribution in [1.82, 2.24) is 15.4 Å². The number of nitrogens with zero attached hydrogens (tertiary/aromatic N) is 3. The Morgan fingerprint density at radius 3 is 2.04 bits per heavy atom. The highest BCUT2D eigenvalue weighted by Gasteiger charge is 2.34. The van der Waals surface area contributed by atoms with E-state index in [1.54, 1.807) is 0 Å². The highest BCUT2D eigenvalue weighted by atomic mass is 32.2. The van der Waals surface area contributed by atoms with Crippen molar-refractivity contribution in [1.29, 1.82) is 0 Å². The Hall–Kier alpha value is -3.01. The minimum Gasteiger partial charge on any atom is -0.505 e. The molecule has 0 saturated carbocycles. The van der Waals surface area contributed by atoms with E-state index in [2.05, 4.69) is 15.4 Å². The third kappa shape index (κ3) is 3.31. The molecule has 3 aromatic rings. The van der Waals surface area contributed by atoms with Gasteiger partial charge in [0.15, 0.2) is 5.82 Å². The van der Waals surface area contributed by atoms with Gasteiger partial charge in [0.05, 0.1) is 0 Å². The van der Waals surface area contributed by atoms with Crippen LogP contribution >= 0.6 is 0 Å². The average molecular weight is 434 g/mol. The molecule has 0 aliphatic rings. The number of fused-ring (bicyclic) bond motifs is 1. The molecule has 0 aliphatic heterocycles. The van der Waals surface area contributed by atoms with Crippen LogP contribution in [0.4, 0.5) is 20.3 Å². The number of rotatable bonds is 4. The average Bonchev–Trinajstić information content (AvgIpc) is 2.58. The van der Waals surface area contributed by atoms with E-state index >= 15 is 0 Å². The quantitative estimate of drug-likeness (QED) is 0.343. The number of halogens is 2. The fraction of sp³-hybridized carbons (Fsp3) is 0. The zero-order valence-corrected chi connectivity index (χ0v) is 14.8. The summed E-state index contributed by atoms with van der Waals surface area (Å²) in [6.07, 6.45) is 0. The Bertz CT molecular complexity index is 1330. The van der Waals surface area contributed by atoms with Crippen molar-refractivity contribution >= 4 is 42.5 Å². The summed E-state index contributed by atoms with van der Waals surface area (Å²) in [6, 6.07) is 4.79. The third-order valence-electron chi connectivity index (χ3n) is 3.52. The van der Waals surface area contributed by atoms with Crippen LogP contribution in [0.3, 0.4) is 0 Å². The van der Waals surface area contributed by atoms with Gasteiger partial charge in [-0.15, -0.1) is 5.10 Å². The molecular formula is C13H8F2N4O7S2. The molecule has 0 bridgehead atoms. The molecule has 0 saturated heterocycles. The molecular weight excluding hydrogens is 426 g/mol. The summed E-state index contributed by atoms with van der Waals surface area (Å²) < 4.78 is 93.6. The van der Waals surface area contributed by atoms with Gasteiger partial charge < -0.3 is 10.4 Å². The zero-order valence-electron chi connectivity index (χ0n) is 13.2. The summed E-state index contributed by atoms with van der Waals surface area (Å²) in [6.45, 7) is 0. The summed E-state index contributed by atoms with van der Waals surface area (Å²) in [5.41, 5.74) is -1.09. The van der Waals surface area contributed by atoms with Crippen LogP contribution in [0.2, 0.25) is 0 Å². The van der Waals surface area contributed by atoms with Gasteiger partial charge in [-0.25, -0.2) is 0 Å². The number of benzene rings is 2. The minimum absolute atomic E-state index is 0.298. The van der Waals surface area contributed by atoms with Gasteiger partial charge in [0.25, 0.3) is 26.2 Å². The van der Waals surface area contributed by atoms with Crippen molar-refractivity contribution in [2.75, 3.05) is 5.32 Å². The number of phenolic OH excluding ortho intramolecular Hbond substituents is 1. The molecule has 3 rings (SSSR count). The van der Waals surface area contributed by atoms with E-state index < -0.39 is 64.4 Å².